The van der Waals surface area contributed by atoms with Gasteiger partial charge in [-0.3, -0.25) is 4.72 Å². The predicted molar refractivity (Wildman–Crippen MR) is 72.3 cm³/mol. The highest BCUT2D eigenvalue weighted by Crippen LogP contribution is 2.23. The number of phenols is 1. The standard InChI is InChI=1S/C11H15NO5S2/c13-10-3-1-2-9(8-10)12-19(16,17)11-4-6-18(14,15)7-5-11/h1-3,8,11-13H,4-7H2. The first-order valence-corrected chi connectivity index (χ1v) is 9.16. The van der Waals surface area contributed by atoms with Gasteiger partial charge in [-0.1, -0.05) is 6.07 Å². The molecule has 0 atom stereocenters. The van der Waals surface area contributed by atoms with Crippen LogP contribution in [0.3, 0.4) is 0 Å². The fraction of sp³-hybridized carbons (Fsp3) is 0.455. The number of hydrogen-bond donors (Lipinski definition) is 2. The molecule has 106 valence electrons. The lowest BCUT2D eigenvalue weighted by molar-refractivity contribution is 0.475. The van der Waals surface area contributed by atoms with E-state index in [0.717, 1.165) is 0 Å². The fourth-order valence-electron chi connectivity index (χ4n) is 2.00. The van der Waals surface area contributed by atoms with Crippen LogP contribution in [0, 0.1) is 0 Å². The third kappa shape index (κ3) is 3.60. The highest BCUT2D eigenvalue weighted by Gasteiger charge is 2.32. The second-order valence-corrected chi connectivity index (χ2v) is 8.81. The Bertz CT molecular complexity index is 652. The SMILES string of the molecule is O=S1(=O)CCC(S(=O)(=O)Nc2cccc(O)c2)CC1. The van der Waals surface area contributed by atoms with Crippen molar-refractivity contribution < 1.29 is 21.9 Å². The van der Waals surface area contributed by atoms with E-state index in [-0.39, 0.29) is 35.8 Å². The monoisotopic (exact) mass is 305 g/mol. The molecule has 0 radical (unpaired) electrons. The molecule has 8 heteroatoms. The van der Waals surface area contributed by atoms with Crippen LogP contribution in [-0.4, -0.2) is 38.7 Å². The molecule has 0 bridgehead atoms. The van der Waals surface area contributed by atoms with E-state index in [1.165, 1.54) is 24.3 Å². The van der Waals surface area contributed by atoms with E-state index in [1.807, 2.05) is 0 Å². The molecule has 0 aliphatic carbocycles. The molecule has 1 aliphatic rings. The van der Waals surface area contributed by atoms with Gasteiger partial charge in [-0.2, -0.15) is 0 Å². The van der Waals surface area contributed by atoms with Crippen molar-refractivity contribution >= 4 is 25.5 Å². The van der Waals surface area contributed by atoms with Crippen LogP contribution in [-0.2, 0) is 19.9 Å². The van der Waals surface area contributed by atoms with E-state index in [4.69, 9.17) is 0 Å². The second-order valence-electron chi connectivity index (χ2n) is 4.55. The predicted octanol–water partition coefficient (Wildman–Crippen LogP) is 0.711. The van der Waals surface area contributed by atoms with Gasteiger partial charge in [-0.25, -0.2) is 16.8 Å². The van der Waals surface area contributed by atoms with Crippen molar-refractivity contribution in [3.8, 4) is 5.75 Å². The minimum Gasteiger partial charge on any atom is -0.508 e. The summed E-state index contributed by atoms with van der Waals surface area (Å²) < 4.78 is 49.1. The molecule has 0 amide bonds. The van der Waals surface area contributed by atoms with E-state index in [2.05, 4.69) is 4.72 Å². The zero-order valence-electron chi connectivity index (χ0n) is 10.1. The summed E-state index contributed by atoms with van der Waals surface area (Å²) in [6, 6.07) is 5.79. The van der Waals surface area contributed by atoms with E-state index in [9.17, 15) is 21.9 Å². The van der Waals surface area contributed by atoms with Gasteiger partial charge in [-0.15, -0.1) is 0 Å². The molecule has 1 fully saturated rings. The summed E-state index contributed by atoms with van der Waals surface area (Å²) in [7, 11) is -6.72. The fourth-order valence-corrected chi connectivity index (χ4v) is 5.26. The number of sulfonamides is 1. The number of sulfone groups is 1. The molecule has 2 rings (SSSR count). The van der Waals surface area contributed by atoms with Gasteiger partial charge in [0, 0.05) is 6.07 Å². The van der Waals surface area contributed by atoms with Crippen molar-refractivity contribution in [1.82, 2.24) is 0 Å². The van der Waals surface area contributed by atoms with Crippen LogP contribution in [0.1, 0.15) is 12.8 Å². The Morgan fingerprint density at radius 2 is 1.84 bits per heavy atom. The summed E-state index contributed by atoms with van der Waals surface area (Å²) in [5.41, 5.74) is 0.272. The molecule has 19 heavy (non-hydrogen) atoms. The number of aromatic hydroxyl groups is 1. The molecule has 1 aromatic rings. The molecule has 1 aromatic carbocycles. The third-order valence-corrected chi connectivity index (χ3v) is 6.63. The lowest BCUT2D eigenvalue weighted by Crippen LogP contribution is -2.35. The first-order valence-electron chi connectivity index (χ1n) is 5.80. The summed E-state index contributed by atoms with van der Waals surface area (Å²) >= 11 is 0. The van der Waals surface area contributed by atoms with Crippen LogP contribution in [0.2, 0.25) is 0 Å². The summed E-state index contributed by atoms with van der Waals surface area (Å²) in [5, 5.41) is 8.56. The lowest BCUT2D eigenvalue weighted by atomic mass is 10.2. The largest absolute Gasteiger partial charge is 0.508 e. The molecule has 0 spiro atoms. The number of phenolic OH excluding ortho intramolecular Hbond substituents is 1. The van der Waals surface area contributed by atoms with Crippen LogP contribution in [0.5, 0.6) is 5.75 Å². The molecule has 0 aromatic heterocycles. The summed E-state index contributed by atoms with van der Waals surface area (Å²) in [4.78, 5) is 0. The van der Waals surface area contributed by atoms with Crippen LogP contribution in [0.25, 0.3) is 0 Å². The van der Waals surface area contributed by atoms with Gasteiger partial charge >= 0.3 is 0 Å². The molecule has 0 saturated carbocycles. The second kappa shape index (κ2) is 5.01. The van der Waals surface area contributed by atoms with Crippen molar-refractivity contribution in [2.24, 2.45) is 0 Å². The maximum Gasteiger partial charge on any atom is 0.235 e. The normalized spacial score (nSPS) is 20.0. The Morgan fingerprint density at radius 1 is 1.21 bits per heavy atom. The third-order valence-electron chi connectivity index (χ3n) is 3.05. The van der Waals surface area contributed by atoms with Crippen molar-refractivity contribution in [1.29, 1.82) is 0 Å². The zero-order chi connectivity index (χ0) is 14.1. The Kier molecular flexibility index (Phi) is 3.73. The molecule has 1 heterocycles. The first kappa shape index (κ1) is 14.1. The Morgan fingerprint density at radius 3 is 2.42 bits per heavy atom. The Balaban J connectivity index is 2.11. The van der Waals surface area contributed by atoms with Gasteiger partial charge in [0.2, 0.25) is 10.0 Å². The number of rotatable bonds is 3. The maximum atomic E-state index is 12.1. The minimum absolute atomic E-state index is 0.0357. The van der Waals surface area contributed by atoms with E-state index < -0.39 is 25.1 Å². The number of nitrogens with one attached hydrogen (secondary N) is 1. The van der Waals surface area contributed by atoms with E-state index in [1.54, 1.807) is 0 Å². The topological polar surface area (TPSA) is 101 Å². The van der Waals surface area contributed by atoms with Gasteiger partial charge in [0.15, 0.2) is 0 Å². The van der Waals surface area contributed by atoms with Crippen LogP contribution in [0.15, 0.2) is 24.3 Å². The van der Waals surface area contributed by atoms with Crippen LogP contribution >= 0.6 is 0 Å². The van der Waals surface area contributed by atoms with Gasteiger partial charge in [0.1, 0.15) is 15.6 Å². The molecule has 6 nitrogen and oxygen atoms in total. The van der Waals surface area contributed by atoms with Crippen molar-refractivity contribution in [3.05, 3.63) is 24.3 Å². The minimum atomic E-state index is -3.63. The number of hydrogen-bond acceptors (Lipinski definition) is 5. The quantitative estimate of drug-likeness (QED) is 0.856. The Labute approximate surface area is 112 Å². The summed E-state index contributed by atoms with van der Waals surface area (Å²) in [6.07, 6.45) is 0.215. The first-order chi connectivity index (χ1) is 8.78. The maximum absolute atomic E-state index is 12.1. The molecule has 1 aliphatic heterocycles. The highest BCUT2D eigenvalue weighted by atomic mass is 32.2. The molecule has 2 N–H and O–H groups in total. The number of benzene rings is 1. The Hall–Kier alpha value is -1.28. The van der Waals surface area contributed by atoms with Crippen molar-refractivity contribution in [2.75, 3.05) is 16.2 Å². The smallest absolute Gasteiger partial charge is 0.235 e. The highest BCUT2D eigenvalue weighted by molar-refractivity contribution is 7.94. The average molecular weight is 305 g/mol. The molecular formula is C11H15NO5S2. The number of anilines is 1. The van der Waals surface area contributed by atoms with Gasteiger partial charge in [0.25, 0.3) is 0 Å². The zero-order valence-corrected chi connectivity index (χ0v) is 11.7. The van der Waals surface area contributed by atoms with E-state index >= 15 is 0 Å². The molecule has 0 unspecified atom stereocenters. The van der Waals surface area contributed by atoms with Crippen molar-refractivity contribution in [2.45, 2.75) is 18.1 Å². The van der Waals surface area contributed by atoms with Crippen LogP contribution < -0.4 is 4.72 Å². The summed E-state index contributed by atoms with van der Waals surface area (Å²) in [6.45, 7) is 0. The van der Waals surface area contributed by atoms with Gasteiger partial charge in [-0.05, 0) is 25.0 Å². The van der Waals surface area contributed by atoms with Gasteiger partial charge in [0.05, 0.1) is 22.4 Å². The summed E-state index contributed by atoms with van der Waals surface area (Å²) in [5.74, 6) is -0.233. The van der Waals surface area contributed by atoms with Gasteiger partial charge < -0.3 is 5.11 Å². The molecule has 1 saturated heterocycles. The van der Waals surface area contributed by atoms with Crippen LogP contribution in [0.4, 0.5) is 5.69 Å². The van der Waals surface area contributed by atoms with Crippen molar-refractivity contribution in [3.63, 3.8) is 0 Å². The average Bonchev–Trinajstić information content (AvgIpc) is 2.27. The lowest BCUT2D eigenvalue weighted by Gasteiger charge is -2.22. The van der Waals surface area contributed by atoms with E-state index in [0.29, 0.717) is 0 Å². The molecular weight excluding hydrogens is 290 g/mol.